The molecule has 0 saturated carbocycles. The van der Waals surface area contributed by atoms with Crippen molar-refractivity contribution in [2.45, 2.75) is 25.8 Å². The minimum Gasteiger partial charge on any atom is -0.310 e. The Hall–Kier alpha value is -0.420. The Morgan fingerprint density at radius 2 is 2.25 bits per heavy atom. The van der Waals surface area contributed by atoms with Crippen LogP contribution in [0.1, 0.15) is 30.5 Å². The highest BCUT2D eigenvalue weighted by atomic mass is 79.9. The summed E-state index contributed by atoms with van der Waals surface area (Å²) in [7, 11) is 0. The maximum Gasteiger partial charge on any atom is 0.127 e. The maximum absolute atomic E-state index is 13.9. The van der Waals surface area contributed by atoms with Crippen molar-refractivity contribution in [1.82, 2.24) is 5.32 Å². The van der Waals surface area contributed by atoms with Crippen LogP contribution in [0.15, 0.2) is 33.4 Å². The summed E-state index contributed by atoms with van der Waals surface area (Å²) in [5.41, 5.74) is 1.74. The summed E-state index contributed by atoms with van der Waals surface area (Å²) in [5, 5.41) is 6.04. The van der Waals surface area contributed by atoms with E-state index in [1.54, 1.807) is 23.5 Å². The first-order valence-electron chi connectivity index (χ1n) is 6.52. The number of thiophene rings is 1. The maximum atomic E-state index is 13.9. The van der Waals surface area contributed by atoms with E-state index in [-0.39, 0.29) is 11.9 Å². The summed E-state index contributed by atoms with van der Waals surface area (Å²) in [5.74, 6) is -0.241. The van der Waals surface area contributed by atoms with Crippen molar-refractivity contribution < 1.29 is 4.39 Å². The summed E-state index contributed by atoms with van der Waals surface area (Å²) < 4.78 is 15.0. The van der Waals surface area contributed by atoms with Gasteiger partial charge < -0.3 is 5.32 Å². The van der Waals surface area contributed by atoms with Gasteiger partial charge in [0.1, 0.15) is 5.82 Å². The predicted molar refractivity (Wildman–Crippen MR) is 88.2 cm³/mol. The molecule has 2 rings (SSSR count). The average Bonchev–Trinajstić information content (AvgIpc) is 2.84. The summed E-state index contributed by atoms with van der Waals surface area (Å²) >= 11 is 11.2. The molecule has 0 radical (unpaired) electrons. The number of halogens is 3. The molecule has 108 valence electrons. The van der Waals surface area contributed by atoms with Crippen LogP contribution in [-0.2, 0) is 6.42 Å². The SMILES string of the molecule is CCCNC(Cc1c(F)cccc1Cl)c1csc(Br)c1. The van der Waals surface area contributed by atoms with Crippen molar-refractivity contribution in [3.63, 3.8) is 0 Å². The molecule has 0 aliphatic heterocycles. The molecule has 1 atom stereocenters. The van der Waals surface area contributed by atoms with E-state index in [0.717, 1.165) is 22.3 Å². The molecule has 0 spiro atoms. The van der Waals surface area contributed by atoms with Crippen molar-refractivity contribution in [2.24, 2.45) is 0 Å². The minimum atomic E-state index is -0.241. The fourth-order valence-electron chi connectivity index (χ4n) is 2.06. The molecule has 1 aromatic carbocycles. The van der Waals surface area contributed by atoms with E-state index >= 15 is 0 Å². The number of rotatable bonds is 6. The van der Waals surface area contributed by atoms with Crippen molar-refractivity contribution in [2.75, 3.05) is 6.54 Å². The molecule has 1 aromatic heterocycles. The summed E-state index contributed by atoms with van der Waals surface area (Å²) in [6, 6.07) is 6.98. The molecule has 1 unspecified atom stereocenters. The highest BCUT2D eigenvalue weighted by Crippen LogP contribution is 2.30. The van der Waals surface area contributed by atoms with Gasteiger partial charge in [-0.25, -0.2) is 4.39 Å². The molecule has 0 bridgehead atoms. The first-order valence-corrected chi connectivity index (χ1v) is 8.57. The topological polar surface area (TPSA) is 12.0 Å². The Bertz CT molecular complexity index is 553. The zero-order chi connectivity index (χ0) is 14.5. The van der Waals surface area contributed by atoms with Gasteiger partial charge in [0.15, 0.2) is 0 Å². The number of hydrogen-bond donors (Lipinski definition) is 1. The molecule has 5 heteroatoms. The number of hydrogen-bond acceptors (Lipinski definition) is 2. The lowest BCUT2D eigenvalue weighted by Gasteiger charge is -2.18. The Kier molecular flexibility index (Phi) is 6.02. The van der Waals surface area contributed by atoms with Crippen LogP contribution in [-0.4, -0.2) is 6.54 Å². The first kappa shape index (κ1) is 16.0. The predicted octanol–water partition coefficient (Wildman–Crippen LogP) is 5.59. The molecular weight excluding hydrogens is 361 g/mol. The lowest BCUT2D eigenvalue weighted by molar-refractivity contribution is 0.514. The lowest BCUT2D eigenvalue weighted by atomic mass is 10.0. The highest BCUT2D eigenvalue weighted by molar-refractivity contribution is 9.11. The van der Waals surface area contributed by atoms with Crippen LogP contribution in [0.2, 0.25) is 5.02 Å². The quantitative estimate of drug-likeness (QED) is 0.693. The zero-order valence-corrected chi connectivity index (χ0v) is 14.3. The van der Waals surface area contributed by atoms with Crippen molar-refractivity contribution in [1.29, 1.82) is 0 Å². The second kappa shape index (κ2) is 7.55. The summed E-state index contributed by atoms with van der Waals surface area (Å²) in [4.78, 5) is 0. The Labute approximate surface area is 136 Å². The van der Waals surface area contributed by atoms with Crippen molar-refractivity contribution in [3.8, 4) is 0 Å². The second-order valence-corrected chi connectivity index (χ2v) is 7.29. The van der Waals surface area contributed by atoms with Crippen LogP contribution in [0, 0.1) is 5.82 Å². The fraction of sp³-hybridized carbons (Fsp3) is 0.333. The van der Waals surface area contributed by atoms with Gasteiger partial charge in [0.05, 0.1) is 3.79 Å². The molecular formula is C15H16BrClFNS. The largest absolute Gasteiger partial charge is 0.310 e. The van der Waals surface area contributed by atoms with Gasteiger partial charge in [-0.05, 0) is 64.5 Å². The van der Waals surface area contributed by atoms with Crippen LogP contribution in [0.3, 0.4) is 0 Å². The van der Waals surface area contributed by atoms with E-state index in [1.165, 1.54) is 6.07 Å². The standard InChI is InChI=1S/C15H16BrClFNS/c1-2-6-19-14(10-7-15(16)20-9-10)8-11-12(17)4-3-5-13(11)18/h3-5,7,9,14,19H,2,6,8H2,1H3. The van der Waals surface area contributed by atoms with Gasteiger partial charge in [-0.2, -0.15) is 0 Å². The van der Waals surface area contributed by atoms with Gasteiger partial charge in [-0.1, -0.05) is 24.6 Å². The second-order valence-electron chi connectivity index (χ2n) is 4.60. The van der Waals surface area contributed by atoms with Crippen LogP contribution in [0.25, 0.3) is 0 Å². The van der Waals surface area contributed by atoms with Gasteiger partial charge in [0.2, 0.25) is 0 Å². The third kappa shape index (κ3) is 4.04. The molecule has 0 aliphatic rings. The summed E-state index contributed by atoms with van der Waals surface area (Å²) in [6.45, 7) is 3.01. The van der Waals surface area contributed by atoms with E-state index in [2.05, 4.69) is 39.6 Å². The fourth-order valence-corrected chi connectivity index (χ4v) is 3.53. The molecule has 0 saturated heterocycles. The van der Waals surface area contributed by atoms with E-state index in [1.807, 2.05) is 0 Å². The molecule has 2 aromatic rings. The number of nitrogens with one attached hydrogen (secondary N) is 1. The molecule has 0 fully saturated rings. The van der Waals surface area contributed by atoms with E-state index in [4.69, 9.17) is 11.6 Å². The van der Waals surface area contributed by atoms with Crippen LogP contribution >= 0.6 is 38.9 Å². The van der Waals surface area contributed by atoms with Gasteiger partial charge in [-0.3, -0.25) is 0 Å². The summed E-state index contributed by atoms with van der Waals surface area (Å²) in [6.07, 6.45) is 1.58. The molecule has 1 heterocycles. The Balaban J connectivity index is 2.23. The average molecular weight is 377 g/mol. The van der Waals surface area contributed by atoms with Gasteiger partial charge >= 0.3 is 0 Å². The third-order valence-electron chi connectivity index (χ3n) is 3.10. The van der Waals surface area contributed by atoms with Gasteiger partial charge in [-0.15, -0.1) is 11.3 Å². The zero-order valence-electron chi connectivity index (χ0n) is 11.1. The molecule has 0 amide bonds. The normalized spacial score (nSPS) is 12.6. The van der Waals surface area contributed by atoms with Crippen molar-refractivity contribution >= 4 is 38.9 Å². The van der Waals surface area contributed by atoms with E-state index in [9.17, 15) is 4.39 Å². The Morgan fingerprint density at radius 3 is 2.85 bits per heavy atom. The number of benzene rings is 1. The van der Waals surface area contributed by atoms with Crippen molar-refractivity contribution in [3.05, 3.63) is 55.4 Å². The third-order valence-corrected chi connectivity index (χ3v) is 4.98. The van der Waals surface area contributed by atoms with Gasteiger partial charge in [0.25, 0.3) is 0 Å². The van der Waals surface area contributed by atoms with E-state index in [0.29, 0.717) is 17.0 Å². The van der Waals surface area contributed by atoms with Crippen LogP contribution < -0.4 is 5.32 Å². The van der Waals surface area contributed by atoms with Crippen LogP contribution in [0.4, 0.5) is 4.39 Å². The van der Waals surface area contributed by atoms with E-state index < -0.39 is 0 Å². The first-order chi connectivity index (χ1) is 9.61. The monoisotopic (exact) mass is 375 g/mol. The van der Waals surface area contributed by atoms with Gasteiger partial charge in [0, 0.05) is 16.6 Å². The smallest absolute Gasteiger partial charge is 0.127 e. The molecule has 20 heavy (non-hydrogen) atoms. The van der Waals surface area contributed by atoms with Crippen LogP contribution in [0.5, 0.6) is 0 Å². The Morgan fingerprint density at radius 1 is 1.45 bits per heavy atom. The minimum absolute atomic E-state index is 0.0758. The molecule has 1 nitrogen and oxygen atoms in total. The molecule has 0 aliphatic carbocycles. The highest BCUT2D eigenvalue weighted by Gasteiger charge is 2.17. The lowest BCUT2D eigenvalue weighted by Crippen LogP contribution is -2.24. The molecule has 1 N–H and O–H groups in total.